The van der Waals surface area contributed by atoms with Gasteiger partial charge in [0.25, 0.3) is 0 Å². The Morgan fingerprint density at radius 1 is 0.333 bits per heavy atom. The van der Waals surface area contributed by atoms with E-state index in [9.17, 15) is 0 Å². The molecule has 0 aliphatic heterocycles. The van der Waals surface area contributed by atoms with Crippen LogP contribution in [0.5, 0.6) is 0 Å². The summed E-state index contributed by atoms with van der Waals surface area (Å²) in [7, 11) is 0. The lowest BCUT2D eigenvalue weighted by Gasteiger charge is -2.29. The molecule has 0 fully saturated rings. The number of fused-ring (bicyclic) bond motifs is 6. The largest absolute Gasteiger partial charge is 0.456 e. The molecule has 0 spiro atoms. The van der Waals surface area contributed by atoms with Crippen molar-refractivity contribution >= 4 is 60.9 Å². The molecule has 3 heteroatoms. The number of furan rings is 2. The number of para-hydroxylation sites is 3. The number of hydrogen-bond donors (Lipinski definition) is 0. The Labute approximate surface area is 295 Å². The molecule has 0 amide bonds. The van der Waals surface area contributed by atoms with Gasteiger partial charge in [-0.1, -0.05) is 140 Å². The minimum Gasteiger partial charge on any atom is -0.456 e. The maximum absolute atomic E-state index is 6.72. The van der Waals surface area contributed by atoms with Gasteiger partial charge < -0.3 is 13.7 Å². The van der Waals surface area contributed by atoms with Gasteiger partial charge in [0.2, 0.25) is 0 Å². The van der Waals surface area contributed by atoms with E-state index in [4.69, 9.17) is 8.83 Å². The van der Waals surface area contributed by atoms with Crippen molar-refractivity contribution in [2.24, 2.45) is 0 Å². The third-order valence-corrected chi connectivity index (χ3v) is 9.87. The first kappa shape index (κ1) is 29.1. The predicted molar refractivity (Wildman–Crippen MR) is 212 cm³/mol. The van der Waals surface area contributed by atoms with Crippen molar-refractivity contribution in [2.75, 3.05) is 4.90 Å². The topological polar surface area (TPSA) is 29.5 Å². The molecule has 0 saturated carbocycles. The average molecular weight is 654 g/mol. The summed E-state index contributed by atoms with van der Waals surface area (Å²) in [5, 5.41) is 4.38. The summed E-state index contributed by atoms with van der Waals surface area (Å²) >= 11 is 0. The van der Waals surface area contributed by atoms with E-state index >= 15 is 0 Å². The van der Waals surface area contributed by atoms with Crippen LogP contribution in [0.25, 0.3) is 77.3 Å². The highest BCUT2D eigenvalue weighted by Crippen LogP contribution is 2.49. The molecule has 0 saturated heterocycles. The van der Waals surface area contributed by atoms with Crippen LogP contribution in [0, 0.1) is 0 Å². The molecule has 51 heavy (non-hydrogen) atoms. The van der Waals surface area contributed by atoms with Crippen molar-refractivity contribution in [3.63, 3.8) is 0 Å². The molecule has 0 atom stereocenters. The summed E-state index contributed by atoms with van der Waals surface area (Å²) in [6.07, 6.45) is 0. The molecule has 0 bridgehead atoms. The minimum absolute atomic E-state index is 0.844. The first-order valence-electron chi connectivity index (χ1n) is 17.3. The second kappa shape index (κ2) is 11.9. The summed E-state index contributed by atoms with van der Waals surface area (Å²) in [5.41, 5.74) is 13.3. The van der Waals surface area contributed by atoms with Crippen LogP contribution in [0.15, 0.2) is 197 Å². The summed E-state index contributed by atoms with van der Waals surface area (Å²) in [6.45, 7) is 0. The van der Waals surface area contributed by atoms with E-state index in [1.165, 1.54) is 0 Å². The van der Waals surface area contributed by atoms with E-state index in [0.29, 0.717) is 0 Å². The third kappa shape index (κ3) is 4.90. The standard InChI is InChI=1S/C48H31NO2/c1-3-14-32(15-4-1)34-18-11-19-36(30-34)49(43-25-13-23-40-38-20-7-10-27-45(38)51-48(40)43)42-24-12-22-37(33-16-5-2-6-17-33)47(42)35-28-29-46-41(31-35)39-21-8-9-26-44(39)50-46/h1-31H. The third-order valence-electron chi connectivity index (χ3n) is 9.87. The lowest BCUT2D eigenvalue weighted by atomic mass is 9.91. The van der Waals surface area contributed by atoms with Gasteiger partial charge in [-0.25, -0.2) is 0 Å². The smallest absolute Gasteiger partial charge is 0.159 e. The number of nitrogens with zero attached hydrogens (tertiary/aromatic N) is 1. The second-order valence-corrected chi connectivity index (χ2v) is 12.9. The maximum Gasteiger partial charge on any atom is 0.159 e. The predicted octanol–water partition coefficient (Wildman–Crippen LogP) is 14.0. The summed E-state index contributed by atoms with van der Waals surface area (Å²) in [4.78, 5) is 2.37. The summed E-state index contributed by atoms with van der Waals surface area (Å²) in [5.74, 6) is 0. The zero-order valence-corrected chi connectivity index (χ0v) is 27.7. The molecular formula is C48H31NO2. The Bertz CT molecular complexity index is 2860. The van der Waals surface area contributed by atoms with Crippen LogP contribution in [0.1, 0.15) is 0 Å². The van der Waals surface area contributed by atoms with Crippen molar-refractivity contribution in [1.82, 2.24) is 0 Å². The quantitative estimate of drug-likeness (QED) is 0.179. The van der Waals surface area contributed by atoms with Crippen LogP contribution >= 0.6 is 0 Å². The molecule has 0 N–H and O–H groups in total. The number of hydrogen-bond acceptors (Lipinski definition) is 3. The van der Waals surface area contributed by atoms with Crippen molar-refractivity contribution in [3.05, 3.63) is 188 Å². The highest BCUT2D eigenvalue weighted by molar-refractivity contribution is 6.12. The Hall–Kier alpha value is -6.84. The lowest BCUT2D eigenvalue weighted by Crippen LogP contribution is -2.12. The monoisotopic (exact) mass is 653 g/mol. The summed E-state index contributed by atoms with van der Waals surface area (Å²) < 4.78 is 13.0. The van der Waals surface area contributed by atoms with Crippen molar-refractivity contribution in [2.45, 2.75) is 0 Å². The van der Waals surface area contributed by atoms with Crippen molar-refractivity contribution in [1.29, 1.82) is 0 Å². The van der Waals surface area contributed by atoms with Crippen molar-refractivity contribution < 1.29 is 8.83 Å². The average Bonchev–Trinajstić information content (AvgIpc) is 3.77. The van der Waals surface area contributed by atoms with Crippen LogP contribution in [0.2, 0.25) is 0 Å². The zero-order valence-electron chi connectivity index (χ0n) is 27.7. The van der Waals surface area contributed by atoms with E-state index < -0.39 is 0 Å². The fourth-order valence-electron chi connectivity index (χ4n) is 7.54. The van der Waals surface area contributed by atoms with Gasteiger partial charge in [0.1, 0.15) is 16.7 Å². The first-order valence-corrected chi connectivity index (χ1v) is 17.3. The van der Waals surface area contributed by atoms with Crippen LogP contribution < -0.4 is 4.90 Å². The molecule has 8 aromatic carbocycles. The molecule has 2 aromatic heterocycles. The summed E-state index contributed by atoms with van der Waals surface area (Å²) in [6, 6.07) is 66.2. The number of rotatable bonds is 6. The zero-order chi connectivity index (χ0) is 33.7. The van der Waals surface area contributed by atoms with Gasteiger partial charge in [-0.2, -0.15) is 0 Å². The van der Waals surface area contributed by atoms with E-state index in [1.54, 1.807) is 0 Å². The van der Waals surface area contributed by atoms with Gasteiger partial charge >= 0.3 is 0 Å². The molecule has 10 rings (SSSR count). The lowest BCUT2D eigenvalue weighted by molar-refractivity contribution is 0.668. The maximum atomic E-state index is 6.72. The number of benzene rings is 8. The Morgan fingerprint density at radius 2 is 0.922 bits per heavy atom. The van der Waals surface area contributed by atoms with E-state index in [-0.39, 0.29) is 0 Å². The Morgan fingerprint density at radius 3 is 1.73 bits per heavy atom. The van der Waals surface area contributed by atoms with Crippen LogP contribution in [0.4, 0.5) is 17.1 Å². The molecule has 0 unspecified atom stereocenters. The first-order chi connectivity index (χ1) is 25.3. The second-order valence-electron chi connectivity index (χ2n) is 12.9. The van der Waals surface area contributed by atoms with E-state index in [0.717, 1.165) is 94.3 Å². The van der Waals surface area contributed by atoms with E-state index in [1.807, 2.05) is 24.3 Å². The van der Waals surface area contributed by atoms with Crippen LogP contribution in [-0.2, 0) is 0 Å². The van der Waals surface area contributed by atoms with Crippen LogP contribution in [-0.4, -0.2) is 0 Å². The Kier molecular flexibility index (Phi) is 6.81. The Balaban J connectivity index is 1.30. The normalized spacial score (nSPS) is 11.5. The molecule has 2 heterocycles. The fourth-order valence-corrected chi connectivity index (χ4v) is 7.54. The van der Waals surface area contributed by atoms with Gasteiger partial charge in [0, 0.05) is 32.8 Å². The molecule has 10 aromatic rings. The number of anilines is 3. The molecule has 3 nitrogen and oxygen atoms in total. The minimum atomic E-state index is 0.844. The van der Waals surface area contributed by atoms with Gasteiger partial charge in [0.15, 0.2) is 5.58 Å². The molecule has 0 aliphatic carbocycles. The molecule has 0 radical (unpaired) electrons. The SMILES string of the molecule is c1ccc(-c2cccc(N(c3cccc(-c4ccccc4)c3-c3ccc4oc5ccccc5c4c3)c3cccc4c3oc3ccccc34)c2)cc1. The molecular weight excluding hydrogens is 623 g/mol. The van der Waals surface area contributed by atoms with E-state index in [2.05, 4.69) is 169 Å². The van der Waals surface area contributed by atoms with Gasteiger partial charge in [-0.3, -0.25) is 0 Å². The molecule has 0 aliphatic rings. The van der Waals surface area contributed by atoms with Gasteiger partial charge in [-0.05, 0) is 76.3 Å². The van der Waals surface area contributed by atoms with Crippen LogP contribution in [0.3, 0.4) is 0 Å². The van der Waals surface area contributed by atoms with Gasteiger partial charge in [-0.15, -0.1) is 0 Å². The highest BCUT2D eigenvalue weighted by atomic mass is 16.3. The fraction of sp³-hybridized carbons (Fsp3) is 0. The molecule has 240 valence electrons. The highest BCUT2D eigenvalue weighted by Gasteiger charge is 2.25. The van der Waals surface area contributed by atoms with Crippen molar-refractivity contribution in [3.8, 4) is 33.4 Å². The van der Waals surface area contributed by atoms with Gasteiger partial charge in [0.05, 0.1) is 11.4 Å².